The van der Waals surface area contributed by atoms with Crippen molar-refractivity contribution in [3.63, 3.8) is 0 Å². The lowest BCUT2D eigenvalue weighted by Gasteiger charge is -2.22. The molecule has 1 aliphatic rings. The number of thioether (sulfide) groups is 1. The number of nitrogens with one attached hydrogen (secondary N) is 1. The van der Waals surface area contributed by atoms with Gasteiger partial charge < -0.3 is 11.1 Å². The first-order chi connectivity index (χ1) is 8.81. The first-order valence-electron chi connectivity index (χ1n) is 5.96. The molecule has 1 saturated heterocycles. The molecule has 0 atom stereocenters. The summed E-state index contributed by atoms with van der Waals surface area (Å²) in [5.74, 6) is 8.00. The largest absolute Gasteiger partial charge is 0.349 e. The average Bonchev–Trinajstić information content (AvgIpc) is 2.86. The lowest BCUT2D eigenvalue weighted by molar-refractivity contribution is 0.0939. The molecule has 1 fully saturated rings. The molecule has 0 saturated carbocycles. The number of hydrogen-bond donors (Lipinski definition) is 2. The summed E-state index contributed by atoms with van der Waals surface area (Å²) in [5.41, 5.74) is 6.13. The minimum atomic E-state index is 0.00298. The number of carbonyl (C=O) groups excluding carboxylic acids is 1. The molecule has 1 aliphatic heterocycles. The smallest absolute Gasteiger partial charge is 0.262 e. The van der Waals surface area contributed by atoms with Crippen LogP contribution in [0.3, 0.4) is 0 Å². The number of thiophene rings is 1. The van der Waals surface area contributed by atoms with Gasteiger partial charge >= 0.3 is 0 Å². The van der Waals surface area contributed by atoms with Gasteiger partial charge in [0.1, 0.15) is 4.88 Å². The Morgan fingerprint density at radius 2 is 2.28 bits per heavy atom. The molecular formula is C13H16N2OS2. The van der Waals surface area contributed by atoms with Gasteiger partial charge in [-0.15, -0.1) is 11.3 Å². The molecule has 0 aromatic carbocycles. The maximum absolute atomic E-state index is 12.2. The van der Waals surface area contributed by atoms with Gasteiger partial charge in [0.25, 0.3) is 5.91 Å². The molecule has 2 rings (SSSR count). The highest BCUT2D eigenvalue weighted by atomic mass is 32.2. The van der Waals surface area contributed by atoms with E-state index in [0.29, 0.717) is 17.5 Å². The van der Waals surface area contributed by atoms with Gasteiger partial charge in [0.15, 0.2) is 0 Å². The van der Waals surface area contributed by atoms with Gasteiger partial charge in [0.05, 0.1) is 6.54 Å². The molecule has 5 heteroatoms. The summed E-state index contributed by atoms with van der Waals surface area (Å²) < 4.78 is 0. The minimum Gasteiger partial charge on any atom is -0.349 e. The van der Waals surface area contributed by atoms with Crippen molar-refractivity contribution in [1.29, 1.82) is 0 Å². The SMILES string of the molecule is NCC#Cc1ccsc1C(=O)NC1CCSCC1. The Morgan fingerprint density at radius 3 is 3.00 bits per heavy atom. The fraction of sp³-hybridized carbons (Fsp3) is 0.462. The summed E-state index contributed by atoms with van der Waals surface area (Å²) in [6.07, 6.45) is 2.12. The molecule has 0 unspecified atom stereocenters. The predicted molar refractivity (Wildman–Crippen MR) is 78.1 cm³/mol. The van der Waals surface area contributed by atoms with Gasteiger partial charge in [-0.1, -0.05) is 11.8 Å². The Labute approximate surface area is 116 Å². The Balaban J connectivity index is 2.02. The van der Waals surface area contributed by atoms with Crippen LogP contribution in [0.25, 0.3) is 0 Å². The van der Waals surface area contributed by atoms with E-state index >= 15 is 0 Å². The second kappa shape index (κ2) is 6.83. The molecule has 2 heterocycles. The van der Waals surface area contributed by atoms with Crippen LogP contribution in [0, 0.1) is 11.8 Å². The van der Waals surface area contributed by atoms with Gasteiger partial charge in [-0.25, -0.2) is 0 Å². The van der Waals surface area contributed by atoms with Crippen LogP contribution in [0.4, 0.5) is 0 Å². The van der Waals surface area contributed by atoms with Gasteiger partial charge in [-0.05, 0) is 35.8 Å². The van der Waals surface area contributed by atoms with Gasteiger partial charge in [-0.2, -0.15) is 11.8 Å². The van der Waals surface area contributed by atoms with E-state index in [-0.39, 0.29) is 5.91 Å². The first kappa shape index (κ1) is 13.5. The van der Waals surface area contributed by atoms with Crippen LogP contribution >= 0.6 is 23.1 Å². The number of hydrogen-bond acceptors (Lipinski definition) is 4. The molecule has 3 nitrogen and oxygen atoms in total. The molecule has 3 N–H and O–H groups in total. The molecular weight excluding hydrogens is 264 g/mol. The molecule has 0 radical (unpaired) electrons. The average molecular weight is 280 g/mol. The predicted octanol–water partition coefficient (Wildman–Crippen LogP) is 1.68. The van der Waals surface area contributed by atoms with Crippen molar-refractivity contribution in [3.8, 4) is 11.8 Å². The second-order valence-corrected chi connectivity index (χ2v) is 6.17. The third-order valence-electron chi connectivity index (χ3n) is 2.75. The van der Waals surface area contributed by atoms with Crippen LogP contribution < -0.4 is 11.1 Å². The van der Waals surface area contributed by atoms with E-state index in [1.807, 2.05) is 23.2 Å². The second-order valence-electron chi connectivity index (χ2n) is 4.03. The Hall–Kier alpha value is -0.960. The van der Waals surface area contributed by atoms with Crippen molar-refractivity contribution < 1.29 is 4.79 Å². The van der Waals surface area contributed by atoms with Crippen LogP contribution in [0.2, 0.25) is 0 Å². The summed E-state index contributed by atoms with van der Waals surface area (Å²) in [4.78, 5) is 12.9. The van der Waals surface area contributed by atoms with E-state index in [1.165, 1.54) is 11.3 Å². The summed E-state index contributed by atoms with van der Waals surface area (Å²) in [7, 11) is 0. The van der Waals surface area contributed by atoms with Gasteiger partial charge in [0, 0.05) is 11.6 Å². The van der Waals surface area contributed by atoms with E-state index in [9.17, 15) is 4.79 Å². The third kappa shape index (κ3) is 3.52. The van der Waals surface area contributed by atoms with Crippen molar-refractivity contribution in [3.05, 3.63) is 21.9 Å². The van der Waals surface area contributed by atoms with Crippen LogP contribution in [0.15, 0.2) is 11.4 Å². The van der Waals surface area contributed by atoms with Gasteiger partial charge in [0.2, 0.25) is 0 Å². The first-order valence-corrected chi connectivity index (χ1v) is 7.99. The highest BCUT2D eigenvalue weighted by Crippen LogP contribution is 2.19. The van der Waals surface area contributed by atoms with Crippen molar-refractivity contribution in [1.82, 2.24) is 5.32 Å². The Morgan fingerprint density at radius 1 is 1.50 bits per heavy atom. The van der Waals surface area contributed by atoms with Crippen molar-refractivity contribution in [2.75, 3.05) is 18.1 Å². The molecule has 1 aromatic rings. The lowest BCUT2D eigenvalue weighted by atomic mass is 10.1. The summed E-state index contributed by atoms with van der Waals surface area (Å²) >= 11 is 3.39. The summed E-state index contributed by atoms with van der Waals surface area (Å²) in [6, 6.07) is 2.19. The van der Waals surface area contributed by atoms with Crippen LogP contribution in [0.5, 0.6) is 0 Å². The van der Waals surface area contributed by atoms with E-state index in [4.69, 9.17) is 5.73 Å². The summed E-state index contributed by atoms with van der Waals surface area (Å²) in [6.45, 7) is 0.316. The minimum absolute atomic E-state index is 0.00298. The summed E-state index contributed by atoms with van der Waals surface area (Å²) in [5, 5.41) is 4.99. The molecule has 96 valence electrons. The van der Waals surface area contributed by atoms with E-state index in [1.54, 1.807) is 0 Å². The van der Waals surface area contributed by atoms with Gasteiger partial charge in [-0.3, -0.25) is 4.79 Å². The molecule has 0 spiro atoms. The molecule has 0 bridgehead atoms. The van der Waals surface area contributed by atoms with Crippen molar-refractivity contribution >= 4 is 29.0 Å². The lowest BCUT2D eigenvalue weighted by Crippen LogP contribution is -2.37. The van der Waals surface area contributed by atoms with Crippen LogP contribution in [-0.2, 0) is 0 Å². The van der Waals surface area contributed by atoms with Crippen molar-refractivity contribution in [2.24, 2.45) is 5.73 Å². The number of carbonyl (C=O) groups is 1. The zero-order chi connectivity index (χ0) is 12.8. The number of nitrogens with two attached hydrogens (primary N) is 1. The van der Waals surface area contributed by atoms with E-state index in [0.717, 1.165) is 29.9 Å². The van der Waals surface area contributed by atoms with E-state index < -0.39 is 0 Å². The van der Waals surface area contributed by atoms with Crippen LogP contribution in [-0.4, -0.2) is 30.0 Å². The van der Waals surface area contributed by atoms with Crippen molar-refractivity contribution in [2.45, 2.75) is 18.9 Å². The maximum atomic E-state index is 12.2. The standard InChI is InChI=1S/C13H16N2OS2/c14-6-1-2-10-3-9-18-12(10)13(16)15-11-4-7-17-8-5-11/h3,9,11H,4-8,14H2,(H,15,16). The quantitative estimate of drug-likeness (QED) is 0.811. The normalized spacial score (nSPS) is 15.8. The molecule has 18 heavy (non-hydrogen) atoms. The zero-order valence-corrected chi connectivity index (χ0v) is 11.7. The molecule has 0 aliphatic carbocycles. The highest BCUT2D eigenvalue weighted by Gasteiger charge is 2.19. The topological polar surface area (TPSA) is 55.1 Å². The number of amides is 1. The Kier molecular flexibility index (Phi) is 5.12. The highest BCUT2D eigenvalue weighted by molar-refractivity contribution is 7.99. The Bertz CT molecular complexity index is 467. The fourth-order valence-electron chi connectivity index (χ4n) is 1.82. The fourth-order valence-corrected chi connectivity index (χ4v) is 3.68. The zero-order valence-electron chi connectivity index (χ0n) is 10.1. The van der Waals surface area contributed by atoms with Crippen LogP contribution in [0.1, 0.15) is 28.1 Å². The number of rotatable bonds is 2. The third-order valence-corrected chi connectivity index (χ3v) is 4.72. The maximum Gasteiger partial charge on any atom is 0.262 e. The molecule has 1 aromatic heterocycles. The molecule has 1 amide bonds. The monoisotopic (exact) mass is 280 g/mol. The van der Waals surface area contributed by atoms with E-state index in [2.05, 4.69) is 17.2 Å².